The van der Waals surface area contributed by atoms with Crippen molar-refractivity contribution in [3.05, 3.63) is 65.2 Å². The third kappa shape index (κ3) is 2.53. The van der Waals surface area contributed by atoms with Crippen LogP contribution in [0.1, 0.15) is 15.9 Å². The van der Waals surface area contributed by atoms with E-state index in [-0.39, 0.29) is 5.82 Å². The Balaban J connectivity index is 2.21. The van der Waals surface area contributed by atoms with Crippen molar-refractivity contribution in [3.63, 3.8) is 0 Å². The summed E-state index contributed by atoms with van der Waals surface area (Å²) in [7, 11) is 0. The summed E-state index contributed by atoms with van der Waals surface area (Å²) in [6, 6.07) is 9.60. The maximum atomic E-state index is 13.3. The molecule has 4 heteroatoms. The number of benzene rings is 2. The van der Waals surface area contributed by atoms with Crippen molar-refractivity contribution in [2.24, 2.45) is 0 Å². The van der Waals surface area contributed by atoms with Crippen LogP contribution in [0.5, 0.6) is 0 Å². The lowest BCUT2D eigenvalue weighted by atomic mass is 10.1. The number of amides is 1. The molecule has 0 aliphatic heterocycles. The number of rotatable bonds is 2. The van der Waals surface area contributed by atoms with Gasteiger partial charge in [0.05, 0.1) is 0 Å². The van der Waals surface area contributed by atoms with E-state index in [0.29, 0.717) is 16.8 Å². The minimum atomic E-state index is -0.409. The van der Waals surface area contributed by atoms with Gasteiger partial charge in [0.1, 0.15) is 11.6 Å². The Hall–Kier alpha value is -2.23. The van der Waals surface area contributed by atoms with Gasteiger partial charge in [-0.2, -0.15) is 0 Å². The first-order chi connectivity index (χ1) is 8.58. The lowest BCUT2D eigenvalue weighted by Crippen LogP contribution is -2.13. The quantitative estimate of drug-likeness (QED) is 0.864. The molecular formula is C14H11F2NO. The van der Waals surface area contributed by atoms with Crippen LogP contribution < -0.4 is 5.32 Å². The highest BCUT2D eigenvalue weighted by molar-refractivity contribution is 6.04. The first kappa shape index (κ1) is 12.2. The van der Waals surface area contributed by atoms with Gasteiger partial charge in [-0.15, -0.1) is 0 Å². The third-order valence-electron chi connectivity index (χ3n) is 2.62. The molecule has 92 valence electrons. The summed E-state index contributed by atoms with van der Waals surface area (Å²) < 4.78 is 26.0. The largest absolute Gasteiger partial charge is 0.322 e. The zero-order valence-corrected chi connectivity index (χ0v) is 9.71. The van der Waals surface area contributed by atoms with E-state index in [0.717, 1.165) is 0 Å². The Morgan fingerprint density at radius 1 is 1.06 bits per heavy atom. The predicted octanol–water partition coefficient (Wildman–Crippen LogP) is 3.53. The van der Waals surface area contributed by atoms with Crippen LogP contribution in [0.15, 0.2) is 42.5 Å². The minimum absolute atomic E-state index is 0.320. The first-order valence-corrected chi connectivity index (χ1v) is 5.40. The van der Waals surface area contributed by atoms with E-state index in [1.165, 1.54) is 36.4 Å². The van der Waals surface area contributed by atoms with Crippen molar-refractivity contribution in [1.82, 2.24) is 0 Å². The average molecular weight is 247 g/mol. The third-order valence-corrected chi connectivity index (χ3v) is 2.62. The van der Waals surface area contributed by atoms with E-state index >= 15 is 0 Å². The van der Waals surface area contributed by atoms with Crippen LogP contribution >= 0.6 is 0 Å². The standard InChI is InChI=1S/C14H11F2NO/c1-9-12(16)3-2-4-13(9)17-14(18)10-5-7-11(15)8-6-10/h2-8H,1H3,(H,17,18). The lowest BCUT2D eigenvalue weighted by molar-refractivity contribution is 0.102. The molecule has 18 heavy (non-hydrogen) atoms. The molecule has 0 unspecified atom stereocenters. The smallest absolute Gasteiger partial charge is 0.255 e. The lowest BCUT2D eigenvalue weighted by Gasteiger charge is -2.08. The van der Waals surface area contributed by atoms with Crippen molar-refractivity contribution in [1.29, 1.82) is 0 Å². The highest BCUT2D eigenvalue weighted by Crippen LogP contribution is 2.18. The summed E-state index contributed by atoms with van der Waals surface area (Å²) in [5.41, 5.74) is 1.09. The summed E-state index contributed by atoms with van der Waals surface area (Å²) in [5.74, 6) is -1.19. The summed E-state index contributed by atoms with van der Waals surface area (Å²) in [6.45, 7) is 1.58. The van der Waals surface area contributed by atoms with Crippen LogP contribution in [0.25, 0.3) is 0 Å². The fourth-order valence-electron chi connectivity index (χ4n) is 1.54. The Morgan fingerprint density at radius 2 is 1.72 bits per heavy atom. The first-order valence-electron chi connectivity index (χ1n) is 5.40. The van der Waals surface area contributed by atoms with E-state index < -0.39 is 11.7 Å². The summed E-state index contributed by atoms with van der Waals surface area (Å²) in [5, 5.41) is 2.59. The molecule has 0 saturated carbocycles. The van der Waals surface area contributed by atoms with Crippen molar-refractivity contribution >= 4 is 11.6 Å². The van der Waals surface area contributed by atoms with Gasteiger partial charge in [0.15, 0.2) is 0 Å². The number of nitrogens with one attached hydrogen (secondary N) is 1. The van der Waals surface area contributed by atoms with Crippen LogP contribution in [0.2, 0.25) is 0 Å². The van der Waals surface area contributed by atoms with Gasteiger partial charge in [0.2, 0.25) is 0 Å². The highest BCUT2D eigenvalue weighted by atomic mass is 19.1. The Kier molecular flexibility index (Phi) is 3.37. The molecule has 2 rings (SSSR count). The monoisotopic (exact) mass is 247 g/mol. The molecular weight excluding hydrogens is 236 g/mol. The predicted molar refractivity (Wildman–Crippen MR) is 65.5 cm³/mol. The van der Waals surface area contributed by atoms with Crippen LogP contribution in [-0.4, -0.2) is 5.91 Å². The van der Waals surface area contributed by atoms with Crippen molar-refractivity contribution in [2.45, 2.75) is 6.92 Å². The van der Waals surface area contributed by atoms with Crippen LogP contribution in [-0.2, 0) is 0 Å². The van der Waals surface area contributed by atoms with E-state index in [2.05, 4.69) is 5.32 Å². The van der Waals surface area contributed by atoms with Gasteiger partial charge in [-0.25, -0.2) is 8.78 Å². The molecule has 0 aromatic heterocycles. The van der Waals surface area contributed by atoms with E-state index in [4.69, 9.17) is 0 Å². The summed E-state index contributed by atoms with van der Waals surface area (Å²) >= 11 is 0. The molecule has 2 aromatic rings. The fraction of sp³-hybridized carbons (Fsp3) is 0.0714. The normalized spacial score (nSPS) is 10.2. The molecule has 0 saturated heterocycles. The zero-order chi connectivity index (χ0) is 13.1. The molecule has 0 spiro atoms. The van der Waals surface area contributed by atoms with Crippen LogP contribution in [0.4, 0.5) is 14.5 Å². The Morgan fingerprint density at radius 3 is 2.39 bits per heavy atom. The molecule has 0 fully saturated rings. The topological polar surface area (TPSA) is 29.1 Å². The van der Waals surface area contributed by atoms with E-state index in [1.807, 2.05) is 0 Å². The van der Waals surface area contributed by atoms with E-state index in [9.17, 15) is 13.6 Å². The number of hydrogen-bond donors (Lipinski definition) is 1. The van der Waals surface area contributed by atoms with Gasteiger partial charge in [0, 0.05) is 16.8 Å². The zero-order valence-electron chi connectivity index (χ0n) is 9.71. The second-order valence-corrected chi connectivity index (χ2v) is 3.87. The SMILES string of the molecule is Cc1c(F)cccc1NC(=O)c1ccc(F)cc1. The van der Waals surface area contributed by atoms with Gasteiger partial charge in [-0.3, -0.25) is 4.79 Å². The number of anilines is 1. The molecule has 0 aliphatic rings. The van der Waals surface area contributed by atoms with Gasteiger partial charge >= 0.3 is 0 Å². The van der Waals surface area contributed by atoms with Gasteiger partial charge < -0.3 is 5.32 Å². The number of hydrogen-bond acceptors (Lipinski definition) is 1. The number of carbonyl (C=O) groups excluding carboxylic acids is 1. The molecule has 0 atom stereocenters. The fourth-order valence-corrected chi connectivity index (χ4v) is 1.54. The van der Waals surface area contributed by atoms with E-state index in [1.54, 1.807) is 13.0 Å². The summed E-state index contributed by atoms with van der Waals surface area (Å²) in [4.78, 5) is 11.8. The van der Waals surface area contributed by atoms with Crippen LogP contribution in [0.3, 0.4) is 0 Å². The van der Waals surface area contributed by atoms with Crippen molar-refractivity contribution in [2.75, 3.05) is 5.32 Å². The summed E-state index contributed by atoms with van der Waals surface area (Å²) in [6.07, 6.45) is 0. The molecule has 1 N–H and O–H groups in total. The van der Waals surface area contributed by atoms with Crippen LogP contribution in [0, 0.1) is 18.6 Å². The second kappa shape index (κ2) is 4.96. The second-order valence-electron chi connectivity index (χ2n) is 3.87. The molecule has 0 aliphatic carbocycles. The van der Waals surface area contributed by atoms with Gasteiger partial charge in [-0.05, 0) is 43.3 Å². The molecule has 2 nitrogen and oxygen atoms in total. The molecule has 0 bridgehead atoms. The number of carbonyl (C=O) groups is 1. The molecule has 1 amide bonds. The minimum Gasteiger partial charge on any atom is -0.322 e. The van der Waals surface area contributed by atoms with Gasteiger partial charge in [-0.1, -0.05) is 6.07 Å². The maximum Gasteiger partial charge on any atom is 0.255 e. The van der Waals surface area contributed by atoms with Crippen molar-refractivity contribution in [3.8, 4) is 0 Å². The molecule has 0 heterocycles. The Labute approximate surface area is 103 Å². The van der Waals surface area contributed by atoms with Gasteiger partial charge in [0.25, 0.3) is 5.91 Å². The molecule has 2 aromatic carbocycles. The van der Waals surface area contributed by atoms with Crippen molar-refractivity contribution < 1.29 is 13.6 Å². The molecule has 0 radical (unpaired) electrons. The Bertz CT molecular complexity index is 579. The maximum absolute atomic E-state index is 13.3. The average Bonchev–Trinajstić information content (AvgIpc) is 2.36. The highest BCUT2D eigenvalue weighted by Gasteiger charge is 2.09. The number of halogens is 2.